The van der Waals surface area contributed by atoms with Crippen molar-refractivity contribution < 1.29 is 18.8 Å². The quantitative estimate of drug-likeness (QED) is 0.214. The van der Waals surface area contributed by atoms with Crippen LogP contribution in [-0.2, 0) is 11.3 Å². The highest BCUT2D eigenvalue weighted by Gasteiger charge is 2.31. The van der Waals surface area contributed by atoms with Crippen molar-refractivity contribution in [3.63, 3.8) is 0 Å². The van der Waals surface area contributed by atoms with Crippen LogP contribution in [0.5, 0.6) is 5.75 Å². The van der Waals surface area contributed by atoms with E-state index in [4.69, 9.17) is 42.5 Å². The lowest BCUT2D eigenvalue weighted by atomic mass is 10.0. The molecule has 10 heteroatoms. The smallest absolute Gasteiger partial charge is 0.259 e. The predicted octanol–water partition coefficient (Wildman–Crippen LogP) is 6.55. The predicted molar refractivity (Wildman–Crippen MR) is 161 cm³/mol. The average molecular weight is 606 g/mol. The Bertz CT molecular complexity index is 1570. The number of aromatic nitrogens is 1. The minimum atomic E-state index is -0.229. The molecule has 4 aromatic rings. The van der Waals surface area contributed by atoms with Crippen molar-refractivity contribution in [1.82, 2.24) is 15.0 Å². The van der Waals surface area contributed by atoms with Crippen LogP contribution in [0.2, 0.25) is 10.0 Å². The summed E-state index contributed by atoms with van der Waals surface area (Å²) in [5.41, 5.74) is 3.81. The van der Waals surface area contributed by atoms with Gasteiger partial charge in [0.15, 0.2) is 0 Å². The number of nitrogens with zero attached hydrogens (tertiary/aromatic N) is 4. The van der Waals surface area contributed by atoms with E-state index >= 15 is 0 Å². The highest BCUT2D eigenvalue weighted by Crippen LogP contribution is 2.37. The summed E-state index contributed by atoms with van der Waals surface area (Å²) in [5, 5.41) is 14.0. The molecule has 1 aliphatic rings. The lowest BCUT2D eigenvalue weighted by Crippen LogP contribution is -2.49. The number of aryl methyl sites for hydroxylation is 1. The Morgan fingerprint density at radius 3 is 2.40 bits per heavy atom. The minimum Gasteiger partial charge on any atom is -0.497 e. The molecule has 0 radical (unpaired) electrons. The van der Waals surface area contributed by atoms with Crippen LogP contribution >= 0.6 is 23.2 Å². The molecule has 0 spiro atoms. The van der Waals surface area contributed by atoms with E-state index in [1.807, 2.05) is 41.3 Å². The highest BCUT2D eigenvalue weighted by molar-refractivity contribution is 6.39. The Hall–Kier alpha value is -3.87. The summed E-state index contributed by atoms with van der Waals surface area (Å²) in [6, 6.07) is 22.6. The SMILES string of the molecule is COc1cccc(C(CN2CCN(C(=O)c3c(-c4c(Cl)cccc4Cl)noc3C)CC2)OCc2ccc(C#N)cc2)c1. The lowest BCUT2D eigenvalue weighted by molar-refractivity contribution is 0.00333. The molecular weight excluding hydrogens is 575 g/mol. The second-order valence-electron chi connectivity index (χ2n) is 10.0. The summed E-state index contributed by atoms with van der Waals surface area (Å²) in [7, 11) is 1.64. The van der Waals surface area contributed by atoms with E-state index in [0.717, 1.165) is 16.9 Å². The maximum absolute atomic E-state index is 13.7. The molecule has 1 fully saturated rings. The minimum absolute atomic E-state index is 0.166. The molecule has 0 N–H and O–H groups in total. The van der Waals surface area contributed by atoms with Crippen molar-refractivity contribution in [1.29, 1.82) is 5.26 Å². The Morgan fingerprint density at radius 1 is 1.05 bits per heavy atom. The molecule has 1 aliphatic heterocycles. The van der Waals surface area contributed by atoms with Crippen molar-refractivity contribution in [3.8, 4) is 23.1 Å². The second-order valence-corrected chi connectivity index (χ2v) is 10.9. The first-order chi connectivity index (χ1) is 20.4. The van der Waals surface area contributed by atoms with Crippen LogP contribution in [-0.4, -0.2) is 60.7 Å². The number of rotatable bonds is 9. The van der Waals surface area contributed by atoms with Crippen LogP contribution in [0.25, 0.3) is 11.3 Å². The zero-order valence-electron chi connectivity index (χ0n) is 23.3. The number of methoxy groups -OCH3 is 1. The monoisotopic (exact) mass is 604 g/mol. The number of carbonyl (C=O) groups excluding carboxylic acids is 1. The second kappa shape index (κ2) is 13.4. The molecule has 1 unspecified atom stereocenters. The Kier molecular flexibility index (Phi) is 9.45. The average Bonchev–Trinajstić information content (AvgIpc) is 3.39. The Labute approximate surface area is 254 Å². The zero-order chi connectivity index (χ0) is 29.6. The van der Waals surface area contributed by atoms with Crippen molar-refractivity contribution in [2.24, 2.45) is 0 Å². The number of hydrogen-bond donors (Lipinski definition) is 0. The molecule has 216 valence electrons. The first-order valence-corrected chi connectivity index (χ1v) is 14.3. The van der Waals surface area contributed by atoms with Gasteiger partial charge in [0.05, 0.1) is 41.5 Å². The molecule has 1 saturated heterocycles. The number of ether oxygens (including phenoxy) is 2. The normalized spacial score (nSPS) is 14.4. The van der Waals surface area contributed by atoms with E-state index in [9.17, 15) is 4.79 Å². The molecule has 8 nitrogen and oxygen atoms in total. The first-order valence-electron chi connectivity index (χ1n) is 13.5. The Morgan fingerprint density at radius 2 is 1.74 bits per heavy atom. The van der Waals surface area contributed by atoms with Crippen LogP contribution in [0.3, 0.4) is 0 Å². The molecule has 42 heavy (non-hydrogen) atoms. The molecule has 2 heterocycles. The van der Waals surface area contributed by atoms with Crippen LogP contribution in [0.1, 0.15) is 38.9 Å². The third-order valence-corrected chi connectivity index (χ3v) is 7.99. The molecule has 0 aliphatic carbocycles. The summed E-state index contributed by atoms with van der Waals surface area (Å²) in [4.78, 5) is 17.8. The third-order valence-electron chi connectivity index (χ3n) is 7.36. The fraction of sp³-hybridized carbons (Fsp3) is 0.281. The molecule has 3 aromatic carbocycles. The fourth-order valence-electron chi connectivity index (χ4n) is 5.01. The number of halogens is 2. The van der Waals surface area contributed by atoms with Gasteiger partial charge >= 0.3 is 0 Å². The van der Waals surface area contributed by atoms with Gasteiger partial charge in [-0.25, -0.2) is 0 Å². The van der Waals surface area contributed by atoms with Crippen LogP contribution in [0.4, 0.5) is 0 Å². The Balaban J connectivity index is 1.28. The molecule has 1 amide bonds. The number of nitriles is 1. The van der Waals surface area contributed by atoms with Gasteiger partial charge in [0, 0.05) is 38.3 Å². The molecule has 0 saturated carbocycles. The molecule has 1 atom stereocenters. The third kappa shape index (κ3) is 6.61. The van der Waals surface area contributed by atoms with Crippen LogP contribution in [0.15, 0.2) is 71.3 Å². The number of piperazine rings is 1. The van der Waals surface area contributed by atoms with E-state index in [1.165, 1.54) is 0 Å². The summed E-state index contributed by atoms with van der Waals surface area (Å²) < 4.78 is 17.3. The molecular formula is C32H30Cl2N4O4. The van der Waals surface area contributed by atoms with Gasteiger partial charge in [-0.15, -0.1) is 0 Å². The van der Waals surface area contributed by atoms with E-state index < -0.39 is 0 Å². The maximum Gasteiger partial charge on any atom is 0.259 e. The van der Waals surface area contributed by atoms with E-state index in [2.05, 4.69) is 16.1 Å². The van der Waals surface area contributed by atoms with E-state index in [0.29, 0.717) is 77.5 Å². The van der Waals surface area contributed by atoms with Gasteiger partial charge in [0.25, 0.3) is 5.91 Å². The standard InChI is InChI=1S/C32H30Cl2N4O4/c1-21-29(31(36-42-21)30-26(33)7-4-8-27(30)34)32(39)38-15-13-37(14-16-38)19-28(24-5-3-6-25(17-24)40-2)41-20-23-11-9-22(18-35)10-12-23/h3-12,17,28H,13-16,19-20H2,1-2H3. The molecule has 0 bridgehead atoms. The van der Waals surface area contributed by atoms with Gasteiger partial charge in [-0.3, -0.25) is 9.69 Å². The van der Waals surface area contributed by atoms with Gasteiger partial charge < -0.3 is 18.9 Å². The first kappa shape index (κ1) is 29.6. The van der Waals surface area contributed by atoms with Gasteiger partial charge in [-0.2, -0.15) is 5.26 Å². The summed E-state index contributed by atoms with van der Waals surface area (Å²) >= 11 is 12.8. The van der Waals surface area contributed by atoms with Gasteiger partial charge in [-0.1, -0.05) is 58.7 Å². The van der Waals surface area contributed by atoms with Gasteiger partial charge in [-0.05, 0) is 54.4 Å². The molecule has 5 rings (SSSR count). The van der Waals surface area contributed by atoms with Crippen molar-refractivity contribution in [2.75, 3.05) is 39.8 Å². The molecule has 1 aromatic heterocycles. The number of benzene rings is 3. The zero-order valence-corrected chi connectivity index (χ0v) is 24.9. The number of carbonyl (C=O) groups is 1. The summed E-state index contributed by atoms with van der Waals surface area (Å²) in [6.07, 6.45) is -0.229. The largest absolute Gasteiger partial charge is 0.497 e. The van der Waals surface area contributed by atoms with Crippen LogP contribution in [0, 0.1) is 18.3 Å². The number of amides is 1. The lowest BCUT2D eigenvalue weighted by Gasteiger charge is -2.36. The van der Waals surface area contributed by atoms with E-state index in [-0.39, 0.29) is 12.0 Å². The van der Waals surface area contributed by atoms with Gasteiger partial charge in [0.2, 0.25) is 0 Å². The summed E-state index contributed by atoms with van der Waals surface area (Å²) in [6.45, 7) is 5.14. The van der Waals surface area contributed by atoms with Crippen molar-refractivity contribution in [2.45, 2.75) is 19.6 Å². The topological polar surface area (TPSA) is 91.8 Å². The van der Waals surface area contributed by atoms with Gasteiger partial charge in [0.1, 0.15) is 22.8 Å². The number of hydrogen-bond acceptors (Lipinski definition) is 7. The van der Waals surface area contributed by atoms with Crippen LogP contribution < -0.4 is 4.74 Å². The highest BCUT2D eigenvalue weighted by atomic mass is 35.5. The summed E-state index contributed by atoms with van der Waals surface area (Å²) in [5.74, 6) is 1.01. The van der Waals surface area contributed by atoms with Crippen molar-refractivity contribution in [3.05, 3.63) is 105 Å². The maximum atomic E-state index is 13.7. The van der Waals surface area contributed by atoms with E-state index in [1.54, 1.807) is 44.4 Å². The fourth-order valence-corrected chi connectivity index (χ4v) is 5.59. The van der Waals surface area contributed by atoms with Crippen molar-refractivity contribution >= 4 is 29.1 Å².